The zero-order valence-electron chi connectivity index (χ0n) is 12.6. The Bertz CT molecular complexity index is 613. The lowest BCUT2D eigenvalue weighted by molar-refractivity contribution is -0.122. The molecule has 2 heterocycles. The molecule has 0 aliphatic carbocycles. The highest BCUT2D eigenvalue weighted by Gasteiger charge is 2.22. The number of aromatic nitrogens is 4. The van der Waals surface area contributed by atoms with Crippen LogP contribution in [0, 0.1) is 13.8 Å². The van der Waals surface area contributed by atoms with E-state index < -0.39 is 6.04 Å². The van der Waals surface area contributed by atoms with Crippen molar-refractivity contribution < 1.29 is 4.79 Å². The summed E-state index contributed by atoms with van der Waals surface area (Å²) in [4.78, 5) is 13.2. The highest BCUT2D eigenvalue weighted by Crippen LogP contribution is 2.20. The Morgan fingerprint density at radius 3 is 2.71 bits per heavy atom. The van der Waals surface area contributed by atoms with Crippen LogP contribution in [0.1, 0.15) is 53.3 Å². The van der Waals surface area contributed by atoms with Crippen LogP contribution in [-0.2, 0) is 11.3 Å². The minimum Gasteiger partial charge on any atom is -0.349 e. The molecule has 2 aromatic rings. The fourth-order valence-corrected chi connectivity index (χ4v) is 2.94. The molecule has 0 aliphatic rings. The second kappa shape index (κ2) is 6.31. The predicted molar refractivity (Wildman–Crippen MR) is 80.8 cm³/mol. The highest BCUT2D eigenvalue weighted by molar-refractivity contribution is 7.05. The minimum absolute atomic E-state index is 0.231. The fraction of sp³-hybridized carbons (Fsp3) is 0.538. The van der Waals surface area contributed by atoms with Crippen molar-refractivity contribution in [3.63, 3.8) is 0 Å². The normalized spacial score (nSPS) is 12.7. The summed E-state index contributed by atoms with van der Waals surface area (Å²) in [7, 11) is 0. The van der Waals surface area contributed by atoms with E-state index in [1.807, 2.05) is 27.7 Å². The van der Waals surface area contributed by atoms with Crippen LogP contribution in [0.3, 0.4) is 0 Å². The van der Waals surface area contributed by atoms with E-state index in [1.54, 1.807) is 0 Å². The zero-order valence-corrected chi connectivity index (χ0v) is 13.4. The molecule has 7 nitrogen and oxygen atoms in total. The van der Waals surface area contributed by atoms with Crippen LogP contribution in [0.25, 0.3) is 0 Å². The van der Waals surface area contributed by atoms with Gasteiger partial charge in [-0.15, -0.1) is 5.10 Å². The van der Waals surface area contributed by atoms with Gasteiger partial charge in [-0.1, -0.05) is 18.3 Å². The number of H-pyrrole nitrogens is 1. The summed E-state index contributed by atoms with van der Waals surface area (Å²) in [5.74, 6) is 0.0494. The monoisotopic (exact) mass is 308 g/mol. The van der Waals surface area contributed by atoms with Crippen LogP contribution in [0.2, 0.25) is 0 Å². The number of nitrogens with one attached hydrogen (secondary N) is 2. The number of carbonyl (C=O) groups is 1. The first-order valence-corrected chi connectivity index (χ1v) is 7.55. The molecule has 0 saturated carbocycles. The number of aromatic amines is 1. The molecule has 0 bridgehead atoms. The summed E-state index contributed by atoms with van der Waals surface area (Å²) in [5, 5.41) is 13.8. The third-order valence-corrected chi connectivity index (χ3v) is 4.07. The number of aryl methyl sites for hydroxylation is 2. The van der Waals surface area contributed by atoms with Crippen LogP contribution < -0.4 is 11.1 Å². The Labute approximate surface area is 127 Å². The molecule has 2 aromatic heterocycles. The average molecular weight is 308 g/mol. The molecule has 114 valence electrons. The van der Waals surface area contributed by atoms with Crippen molar-refractivity contribution in [2.75, 3.05) is 0 Å². The summed E-state index contributed by atoms with van der Waals surface area (Å²) < 4.78 is 3.94. The van der Waals surface area contributed by atoms with Gasteiger partial charge in [0.1, 0.15) is 6.04 Å². The number of hydrogen-bond donors (Lipinski definition) is 3. The maximum absolute atomic E-state index is 12.2. The maximum Gasteiger partial charge on any atom is 0.241 e. The predicted octanol–water partition coefficient (Wildman–Crippen LogP) is 1.32. The van der Waals surface area contributed by atoms with E-state index >= 15 is 0 Å². The smallest absolute Gasteiger partial charge is 0.241 e. The Kier molecular flexibility index (Phi) is 4.69. The van der Waals surface area contributed by atoms with Gasteiger partial charge in [-0.2, -0.15) is 5.10 Å². The molecule has 4 N–H and O–H groups in total. The first-order valence-electron chi connectivity index (χ1n) is 6.77. The van der Waals surface area contributed by atoms with Crippen molar-refractivity contribution >= 4 is 17.4 Å². The number of hydrogen-bond acceptors (Lipinski definition) is 6. The Morgan fingerprint density at radius 1 is 1.43 bits per heavy atom. The van der Waals surface area contributed by atoms with Gasteiger partial charge >= 0.3 is 0 Å². The van der Waals surface area contributed by atoms with E-state index in [1.165, 1.54) is 11.5 Å². The number of carbonyl (C=O) groups excluding carboxylic acids is 1. The van der Waals surface area contributed by atoms with E-state index in [9.17, 15) is 4.79 Å². The van der Waals surface area contributed by atoms with E-state index in [4.69, 9.17) is 5.73 Å². The summed E-state index contributed by atoms with van der Waals surface area (Å²) >= 11 is 1.30. The topological polar surface area (TPSA) is 110 Å². The van der Waals surface area contributed by atoms with Gasteiger partial charge in [0, 0.05) is 11.3 Å². The molecule has 1 unspecified atom stereocenters. The maximum atomic E-state index is 12.2. The first-order chi connectivity index (χ1) is 9.91. The van der Waals surface area contributed by atoms with E-state index in [2.05, 4.69) is 25.1 Å². The number of nitrogens with zero attached hydrogens (tertiary/aromatic N) is 3. The third-order valence-electron chi connectivity index (χ3n) is 3.33. The number of nitrogens with two attached hydrogens (primary N) is 1. The van der Waals surface area contributed by atoms with E-state index in [-0.39, 0.29) is 11.8 Å². The molecule has 1 amide bonds. The van der Waals surface area contributed by atoms with Crippen molar-refractivity contribution in [2.24, 2.45) is 5.73 Å². The van der Waals surface area contributed by atoms with Crippen molar-refractivity contribution in [1.82, 2.24) is 25.1 Å². The Balaban J connectivity index is 2.03. The van der Waals surface area contributed by atoms with Gasteiger partial charge in [0.2, 0.25) is 5.91 Å². The molecule has 2 rings (SSSR count). The lowest BCUT2D eigenvalue weighted by atomic mass is 10.1. The minimum atomic E-state index is -0.730. The molecule has 0 fully saturated rings. The van der Waals surface area contributed by atoms with Crippen LogP contribution in [-0.4, -0.2) is 25.7 Å². The Hall–Kier alpha value is -1.80. The standard InChI is InChI=1S/C13H20N6OS/c1-6(2)12-9(21-19-18-12)5-15-13(20)11(14)10-7(3)16-17-8(10)4/h6,11H,5,14H2,1-4H3,(H,15,20)(H,16,17). The highest BCUT2D eigenvalue weighted by atomic mass is 32.1. The van der Waals surface area contributed by atoms with Crippen LogP contribution >= 0.6 is 11.5 Å². The van der Waals surface area contributed by atoms with Crippen LogP contribution in [0.4, 0.5) is 0 Å². The second-order valence-electron chi connectivity index (χ2n) is 5.28. The summed E-state index contributed by atoms with van der Waals surface area (Å²) in [6.07, 6.45) is 0. The van der Waals surface area contributed by atoms with Gasteiger partial charge in [-0.25, -0.2) is 0 Å². The zero-order chi connectivity index (χ0) is 15.6. The summed E-state index contributed by atoms with van der Waals surface area (Å²) in [6, 6.07) is -0.730. The largest absolute Gasteiger partial charge is 0.349 e. The quantitative estimate of drug-likeness (QED) is 0.771. The van der Waals surface area contributed by atoms with E-state index in [0.29, 0.717) is 6.54 Å². The number of rotatable bonds is 5. The average Bonchev–Trinajstić information content (AvgIpc) is 3.02. The van der Waals surface area contributed by atoms with Crippen molar-refractivity contribution in [3.8, 4) is 0 Å². The SMILES string of the molecule is Cc1n[nH]c(C)c1C(N)C(=O)NCc1snnc1C(C)C. The molecule has 8 heteroatoms. The van der Waals surface area contributed by atoms with Crippen molar-refractivity contribution in [1.29, 1.82) is 0 Å². The third kappa shape index (κ3) is 3.27. The summed E-state index contributed by atoms with van der Waals surface area (Å²) in [6.45, 7) is 8.17. The Morgan fingerprint density at radius 2 is 2.14 bits per heavy atom. The molecule has 1 atom stereocenters. The molecule has 0 radical (unpaired) electrons. The molecular formula is C13H20N6OS. The number of amides is 1. The molecule has 0 aliphatic heterocycles. The second-order valence-corrected chi connectivity index (χ2v) is 6.12. The van der Waals surface area contributed by atoms with Crippen molar-refractivity contribution in [3.05, 3.63) is 27.5 Å². The lowest BCUT2D eigenvalue weighted by Gasteiger charge is -2.13. The molecular weight excluding hydrogens is 288 g/mol. The van der Waals surface area contributed by atoms with Crippen LogP contribution in [0.5, 0.6) is 0 Å². The fourth-order valence-electron chi connectivity index (χ4n) is 2.20. The molecule has 0 aromatic carbocycles. The molecule has 0 spiro atoms. The van der Waals surface area contributed by atoms with Gasteiger partial charge in [0.05, 0.1) is 22.8 Å². The summed E-state index contributed by atoms with van der Waals surface area (Å²) in [5.41, 5.74) is 9.26. The van der Waals surface area contributed by atoms with Crippen molar-refractivity contribution in [2.45, 2.75) is 46.2 Å². The van der Waals surface area contributed by atoms with Gasteiger partial charge in [0.15, 0.2) is 0 Å². The van der Waals surface area contributed by atoms with Gasteiger partial charge in [-0.3, -0.25) is 9.89 Å². The van der Waals surface area contributed by atoms with E-state index in [0.717, 1.165) is 27.5 Å². The van der Waals surface area contributed by atoms with Gasteiger partial charge in [0.25, 0.3) is 0 Å². The molecule has 0 saturated heterocycles. The molecule has 21 heavy (non-hydrogen) atoms. The lowest BCUT2D eigenvalue weighted by Crippen LogP contribution is -2.34. The van der Waals surface area contributed by atoms with Crippen LogP contribution in [0.15, 0.2) is 0 Å². The first kappa shape index (κ1) is 15.6. The van der Waals surface area contributed by atoms with Gasteiger partial charge < -0.3 is 11.1 Å². The van der Waals surface area contributed by atoms with Gasteiger partial charge in [-0.05, 0) is 31.3 Å².